The summed E-state index contributed by atoms with van der Waals surface area (Å²) >= 11 is 6.33. The number of nitrogens with zero attached hydrogens (tertiary/aromatic N) is 3. The number of amides is 1. The number of halogens is 4. The Labute approximate surface area is 175 Å². The van der Waals surface area contributed by atoms with Gasteiger partial charge in [0.25, 0.3) is 0 Å². The van der Waals surface area contributed by atoms with E-state index in [1.54, 1.807) is 6.92 Å². The molecule has 0 unspecified atom stereocenters. The minimum absolute atomic E-state index is 0.00913. The highest BCUT2D eigenvalue weighted by Gasteiger charge is 2.40. The molecule has 1 aliphatic heterocycles. The molecular formula is C20H19ClF3N3O3. The van der Waals surface area contributed by atoms with Crippen LogP contribution >= 0.6 is 11.6 Å². The summed E-state index contributed by atoms with van der Waals surface area (Å²) in [5.41, 5.74) is -1.64. The number of carbonyl (C=O) groups excluding carboxylic acids is 2. The van der Waals surface area contributed by atoms with Gasteiger partial charge in [0, 0.05) is 18.5 Å². The Morgan fingerprint density at radius 1 is 1.27 bits per heavy atom. The van der Waals surface area contributed by atoms with Gasteiger partial charge in [0.1, 0.15) is 5.56 Å². The summed E-state index contributed by atoms with van der Waals surface area (Å²) < 4.78 is 42.3. The number of aryl methyl sites for hydroxylation is 1. The molecule has 160 valence electrons. The van der Waals surface area contributed by atoms with Crippen molar-refractivity contribution in [2.45, 2.75) is 51.2 Å². The van der Waals surface area contributed by atoms with Gasteiger partial charge < -0.3 is 10.0 Å². The molecule has 1 amide bonds. The maximum absolute atomic E-state index is 13.7. The molecule has 2 aromatic rings. The molecule has 0 atom stereocenters. The first-order valence-electron chi connectivity index (χ1n) is 9.64. The van der Waals surface area contributed by atoms with E-state index in [-0.39, 0.29) is 41.7 Å². The molecule has 10 heteroatoms. The first-order chi connectivity index (χ1) is 14.1. The van der Waals surface area contributed by atoms with E-state index >= 15 is 0 Å². The number of hydrogen-bond donors (Lipinski definition) is 1. The first kappa shape index (κ1) is 20.7. The summed E-state index contributed by atoms with van der Waals surface area (Å²) in [6.07, 6.45) is -1.88. The SMILES string of the molecule is Cc1nn(C2CC2)c(O)c1C(=O)c1ccc(C(F)(F)F)c(N2CCCCC2=O)c1Cl. The Bertz CT molecular complexity index is 1040. The van der Waals surface area contributed by atoms with E-state index in [2.05, 4.69) is 5.10 Å². The van der Waals surface area contributed by atoms with Crippen molar-refractivity contribution in [3.05, 3.63) is 39.5 Å². The van der Waals surface area contributed by atoms with E-state index in [9.17, 15) is 27.9 Å². The molecule has 6 nitrogen and oxygen atoms in total. The van der Waals surface area contributed by atoms with Crippen LogP contribution in [0.4, 0.5) is 18.9 Å². The molecule has 1 aromatic heterocycles. The van der Waals surface area contributed by atoms with Crippen LogP contribution in [0.1, 0.15) is 65.3 Å². The zero-order chi connectivity index (χ0) is 21.8. The Morgan fingerprint density at radius 3 is 2.57 bits per heavy atom. The molecule has 1 aromatic carbocycles. The molecule has 2 fully saturated rings. The van der Waals surface area contributed by atoms with Gasteiger partial charge in [0.2, 0.25) is 17.6 Å². The van der Waals surface area contributed by atoms with Crippen molar-refractivity contribution in [2.24, 2.45) is 0 Å². The fourth-order valence-corrected chi connectivity index (χ4v) is 4.14. The third-order valence-corrected chi connectivity index (χ3v) is 5.82. The smallest absolute Gasteiger partial charge is 0.418 e. The lowest BCUT2D eigenvalue weighted by molar-refractivity contribution is -0.137. The number of carbonyl (C=O) groups is 2. The third kappa shape index (κ3) is 3.45. The highest BCUT2D eigenvalue weighted by molar-refractivity contribution is 6.38. The molecule has 2 aliphatic rings. The lowest BCUT2D eigenvalue weighted by atomic mass is 9.98. The minimum atomic E-state index is -4.76. The third-order valence-electron chi connectivity index (χ3n) is 5.44. The Balaban J connectivity index is 1.85. The molecule has 2 heterocycles. The molecular weight excluding hydrogens is 423 g/mol. The van der Waals surface area contributed by atoms with Crippen LogP contribution in [0, 0.1) is 6.92 Å². The number of benzene rings is 1. The monoisotopic (exact) mass is 441 g/mol. The molecule has 1 N–H and O–H groups in total. The maximum Gasteiger partial charge on any atom is 0.418 e. The van der Waals surface area contributed by atoms with Crippen molar-refractivity contribution in [2.75, 3.05) is 11.4 Å². The van der Waals surface area contributed by atoms with Crippen molar-refractivity contribution >= 4 is 29.0 Å². The van der Waals surface area contributed by atoms with Gasteiger partial charge in [-0.2, -0.15) is 18.3 Å². The Morgan fingerprint density at radius 2 is 1.97 bits per heavy atom. The predicted molar refractivity (Wildman–Crippen MR) is 103 cm³/mol. The number of ketones is 1. The van der Waals surface area contributed by atoms with E-state index in [0.717, 1.165) is 29.9 Å². The van der Waals surface area contributed by atoms with Gasteiger partial charge in [0.05, 0.1) is 28.0 Å². The van der Waals surface area contributed by atoms with E-state index in [1.165, 1.54) is 4.68 Å². The summed E-state index contributed by atoms with van der Waals surface area (Å²) in [4.78, 5) is 26.5. The molecule has 1 saturated heterocycles. The average Bonchev–Trinajstić information content (AvgIpc) is 3.46. The van der Waals surface area contributed by atoms with Gasteiger partial charge in [-0.1, -0.05) is 11.6 Å². The summed E-state index contributed by atoms with van der Waals surface area (Å²) in [6.45, 7) is 1.63. The van der Waals surface area contributed by atoms with Crippen LogP contribution < -0.4 is 4.90 Å². The summed E-state index contributed by atoms with van der Waals surface area (Å²) in [6, 6.07) is 1.75. The van der Waals surface area contributed by atoms with Crippen molar-refractivity contribution < 1.29 is 27.9 Å². The molecule has 0 radical (unpaired) electrons. The number of aromatic hydroxyl groups is 1. The fraction of sp³-hybridized carbons (Fsp3) is 0.450. The molecule has 30 heavy (non-hydrogen) atoms. The molecule has 1 aliphatic carbocycles. The van der Waals surface area contributed by atoms with Crippen LogP contribution in [-0.2, 0) is 11.0 Å². The topological polar surface area (TPSA) is 75.4 Å². The van der Waals surface area contributed by atoms with E-state index in [0.29, 0.717) is 12.8 Å². The number of rotatable bonds is 4. The van der Waals surface area contributed by atoms with Gasteiger partial charge in [-0.25, -0.2) is 4.68 Å². The molecule has 4 rings (SSSR count). The average molecular weight is 442 g/mol. The highest BCUT2D eigenvalue weighted by atomic mass is 35.5. The number of aromatic nitrogens is 2. The van der Waals surface area contributed by atoms with Crippen molar-refractivity contribution in [3.8, 4) is 5.88 Å². The Hall–Kier alpha value is -2.55. The van der Waals surface area contributed by atoms with E-state index in [1.807, 2.05) is 0 Å². The molecule has 0 spiro atoms. The minimum Gasteiger partial charge on any atom is -0.493 e. The van der Waals surface area contributed by atoms with Gasteiger partial charge in [-0.15, -0.1) is 0 Å². The number of anilines is 1. The van der Waals surface area contributed by atoms with Crippen LogP contribution in [0.15, 0.2) is 12.1 Å². The van der Waals surface area contributed by atoms with Gasteiger partial charge in [-0.3, -0.25) is 9.59 Å². The number of piperidine rings is 1. The van der Waals surface area contributed by atoms with Crippen LogP contribution in [-0.4, -0.2) is 33.1 Å². The van der Waals surface area contributed by atoms with Crippen LogP contribution in [0.2, 0.25) is 5.02 Å². The second-order valence-corrected chi connectivity index (χ2v) is 7.99. The predicted octanol–water partition coefficient (Wildman–Crippen LogP) is 4.65. The number of alkyl halides is 3. The van der Waals surface area contributed by atoms with Gasteiger partial charge in [-0.05, 0) is 44.7 Å². The quantitative estimate of drug-likeness (QED) is 0.701. The van der Waals surface area contributed by atoms with E-state index < -0.39 is 34.1 Å². The number of hydrogen-bond acceptors (Lipinski definition) is 4. The van der Waals surface area contributed by atoms with Gasteiger partial charge >= 0.3 is 6.18 Å². The highest BCUT2D eigenvalue weighted by Crippen LogP contribution is 2.45. The maximum atomic E-state index is 13.7. The lowest BCUT2D eigenvalue weighted by Gasteiger charge is -2.30. The van der Waals surface area contributed by atoms with Crippen molar-refractivity contribution in [1.82, 2.24) is 9.78 Å². The summed E-state index contributed by atoms with van der Waals surface area (Å²) in [5, 5.41) is 14.2. The van der Waals surface area contributed by atoms with Crippen LogP contribution in [0.5, 0.6) is 5.88 Å². The lowest BCUT2D eigenvalue weighted by Crippen LogP contribution is -2.37. The standard InChI is InChI=1S/C20H19ClF3N3O3/c1-10-15(19(30)27(25-10)11-5-6-11)18(29)12-7-8-13(20(22,23)24)17(16(12)21)26-9-3-2-4-14(26)28/h7-8,11,30H,2-6,9H2,1H3. The van der Waals surface area contributed by atoms with Crippen LogP contribution in [0.3, 0.4) is 0 Å². The fourth-order valence-electron chi connectivity index (χ4n) is 3.78. The van der Waals surface area contributed by atoms with Gasteiger partial charge in [0.15, 0.2) is 0 Å². The normalized spacial score (nSPS) is 17.5. The largest absolute Gasteiger partial charge is 0.493 e. The van der Waals surface area contributed by atoms with E-state index in [4.69, 9.17) is 11.6 Å². The first-order valence-corrected chi connectivity index (χ1v) is 10.0. The molecule has 1 saturated carbocycles. The zero-order valence-corrected chi connectivity index (χ0v) is 16.8. The zero-order valence-electron chi connectivity index (χ0n) is 16.1. The van der Waals surface area contributed by atoms with Crippen molar-refractivity contribution in [1.29, 1.82) is 0 Å². The van der Waals surface area contributed by atoms with Crippen LogP contribution in [0.25, 0.3) is 0 Å². The molecule has 0 bridgehead atoms. The second kappa shape index (κ2) is 7.30. The summed E-state index contributed by atoms with van der Waals surface area (Å²) in [5.74, 6) is -1.54. The second-order valence-electron chi connectivity index (χ2n) is 7.61. The Kier molecular flexibility index (Phi) is 5.04. The summed E-state index contributed by atoms with van der Waals surface area (Å²) in [7, 11) is 0. The van der Waals surface area contributed by atoms with Crippen molar-refractivity contribution in [3.63, 3.8) is 0 Å².